The summed E-state index contributed by atoms with van der Waals surface area (Å²) in [5.41, 5.74) is 6.00. The number of amides is 1. The molecule has 1 amide bonds. The van der Waals surface area contributed by atoms with E-state index in [2.05, 4.69) is 5.32 Å². The number of hydrogen-bond donors (Lipinski definition) is 2. The van der Waals surface area contributed by atoms with Crippen molar-refractivity contribution in [3.05, 3.63) is 0 Å². The molecular weight excluding hydrogens is 245 g/mol. The van der Waals surface area contributed by atoms with E-state index in [-0.39, 0.29) is 30.8 Å². The van der Waals surface area contributed by atoms with Gasteiger partial charge in [-0.3, -0.25) is 4.79 Å². The number of halogens is 3. The van der Waals surface area contributed by atoms with Gasteiger partial charge in [-0.15, -0.1) is 0 Å². The van der Waals surface area contributed by atoms with E-state index in [1.165, 1.54) is 0 Å². The summed E-state index contributed by atoms with van der Waals surface area (Å²) in [5, 5.41) is 2.59. The second-order valence-electron chi connectivity index (χ2n) is 5.45. The zero-order valence-electron chi connectivity index (χ0n) is 10.2. The number of fused-ring (bicyclic) bond motifs is 2. The van der Waals surface area contributed by atoms with Gasteiger partial charge in [-0.05, 0) is 37.5 Å². The first-order valence-electron chi connectivity index (χ1n) is 6.48. The second-order valence-corrected chi connectivity index (χ2v) is 5.45. The van der Waals surface area contributed by atoms with Gasteiger partial charge < -0.3 is 11.1 Å². The highest BCUT2D eigenvalue weighted by atomic mass is 19.4. The Morgan fingerprint density at radius 1 is 1.28 bits per heavy atom. The lowest BCUT2D eigenvalue weighted by molar-refractivity contribution is -0.137. The molecule has 0 aromatic rings. The molecule has 0 aliphatic heterocycles. The van der Waals surface area contributed by atoms with E-state index >= 15 is 0 Å². The lowest BCUT2D eigenvalue weighted by atomic mass is 9.84. The molecule has 18 heavy (non-hydrogen) atoms. The highest BCUT2D eigenvalue weighted by molar-refractivity contribution is 5.80. The van der Waals surface area contributed by atoms with Crippen LogP contribution >= 0.6 is 0 Å². The SMILES string of the molecule is NC1C2CCC(C2)C1C(=O)NCCCC(F)(F)F. The van der Waals surface area contributed by atoms with E-state index in [1.807, 2.05) is 0 Å². The molecule has 3 N–H and O–H groups in total. The molecule has 0 spiro atoms. The summed E-state index contributed by atoms with van der Waals surface area (Å²) in [6.07, 6.45) is -1.95. The average molecular weight is 264 g/mol. The summed E-state index contributed by atoms with van der Waals surface area (Å²) in [4.78, 5) is 11.9. The summed E-state index contributed by atoms with van der Waals surface area (Å²) >= 11 is 0. The van der Waals surface area contributed by atoms with Crippen molar-refractivity contribution in [1.82, 2.24) is 5.32 Å². The standard InChI is InChI=1S/C12H19F3N2O/c13-12(14,15)4-1-5-17-11(18)9-7-2-3-8(6-7)10(9)16/h7-10H,1-6,16H2,(H,17,18). The van der Waals surface area contributed by atoms with Gasteiger partial charge in [0.05, 0.1) is 5.92 Å². The summed E-state index contributed by atoms with van der Waals surface area (Å²) in [5.74, 6) is 0.431. The largest absolute Gasteiger partial charge is 0.389 e. The van der Waals surface area contributed by atoms with Crippen molar-refractivity contribution in [3.63, 3.8) is 0 Å². The van der Waals surface area contributed by atoms with Crippen molar-refractivity contribution in [2.24, 2.45) is 23.5 Å². The molecule has 4 atom stereocenters. The smallest absolute Gasteiger partial charge is 0.356 e. The maximum Gasteiger partial charge on any atom is 0.389 e. The van der Waals surface area contributed by atoms with Gasteiger partial charge in [0.2, 0.25) is 5.91 Å². The van der Waals surface area contributed by atoms with Crippen LogP contribution < -0.4 is 11.1 Å². The van der Waals surface area contributed by atoms with Gasteiger partial charge in [-0.2, -0.15) is 13.2 Å². The zero-order valence-corrected chi connectivity index (χ0v) is 10.2. The molecule has 2 aliphatic carbocycles. The van der Waals surface area contributed by atoms with E-state index in [1.54, 1.807) is 0 Å². The first-order valence-corrected chi connectivity index (χ1v) is 6.48. The van der Waals surface area contributed by atoms with Gasteiger partial charge in [0.25, 0.3) is 0 Å². The number of nitrogens with two attached hydrogens (primary N) is 1. The summed E-state index contributed by atoms with van der Waals surface area (Å²) in [6.45, 7) is 0.0823. The first-order chi connectivity index (χ1) is 8.38. The van der Waals surface area contributed by atoms with Crippen LogP contribution in [0.1, 0.15) is 32.1 Å². The van der Waals surface area contributed by atoms with E-state index in [0.717, 1.165) is 19.3 Å². The Morgan fingerprint density at radius 3 is 2.50 bits per heavy atom. The lowest BCUT2D eigenvalue weighted by Crippen LogP contribution is -2.45. The molecule has 3 nitrogen and oxygen atoms in total. The topological polar surface area (TPSA) is 55.1 Å². The Labute approximate surface area is 104 Å². The van der Waals surface area contributed by atoms with Crippen LogP contribution in [0, 0.1) is 17.8 Å². The Morgan fingerprint density at radius 2 is 1.94 bits per heavy atom. The lowest BCUT2D eigenvalue weighted by Gasteiger charge is -2.27. The predicted molar refractivity (Wildman–Crippen MR) is 60.6 cm³/mol. The molecule has 0 radical (unpaired) electrons. The third kappa shape index (κ3) is 2.96. The molecule has 0 saturated heterocycles. The third-order valence-electron chi connectivity index (χ3n) is 4.22. The third-order valence-corrected chi connectivity index (χ3v) is 4.22. The van der Waals surface area contributed by atoms with E-state index in [9.17, 15) is 18.0 Å². The molecule has 6 heteroatoms. The predicted octanol–water partition coefficient (Wildman–Crippen LogP) is 1.82. The van der Waals surface area contributed by atoms with Crippen LogP contribution in [-0.4, -0.2) is 24.7 Å². The van der Waals surface area contributed by atoms with Crippen molar-refractivity contribution < 1.29 is 18.0 Å². The quantitative estimate of drug-likeness (QED) is 0.761. The summed E-state index contributed by atoms with van der Waals surface area (Å²) in [7, 11) is 0. The fourth-order valence-corrected chi connectivity index (χ4v) is 3.34. The van der Waals surface area contributed by atoms with Crippen molar-refractivity contribution in [3.8, 4) is 0 Å². The van der Waals surface area contributed by atoms with Crippen LogP contribution in [0.3, 0.4) is 0 Å². The highest BCUT2D eigenvalue weighted by Gasteiger charge is 2.48. The molecule has 2 bridgehead atoms. The van der Waals surface area contributed by atoms with Crippen LogP contribution in [-0.2, 0) is 4.79 Å². The number of nitrogens with one attached hydrogen (secondary N) is 1. The van der Waals surface area contributed by atoms with E-state index in [0.29, 0.717) is 11.8 Å². The number of carbonyl (C=O) groups is 1. The Bertz CT molecular complexity index is 317. The Balaban J connectivity index is 1.72. The minimum Gasteiger partial charge on any atom is -0.356 e. The minimum atomic E-state index is -4.15. The molecule has 2 fully saturated rings. The van der Waals surface area contributed by atoms with Gasteiger partial charge in [0.15, 0.2) is 0 Å². The molecule has 0 heterocycles. The molecule has 104 valence electrons. The van der Waals surface area contributed by atoms with Crippen LogP contribution in [0.5, 0.6) is 0 Å². The molecule has 4 unspecified atom stereocenters. The fourth-order valence-electron chi connectivity index (χ4n) is 3.34. The molecule has 2 aliphatic rings. The number of alkyl halides is 3. The molecule has 2 saturated carbocycles. The minimum absolute atomic E-state index is 0.0642. The van der Waals surface area contributed by atoms with Gasteiger partial charge in [-0.25, -0.2) is 0 Å². The maximum absolute atomic E-state index is 11.9. The van der Waals surface area contributed by atoms with Crippen molar-refractivity contribution in [2.45, 2.75) is 44.3 Å². The van der Waals surface area contributed by atoms with Crippen LogP contribution in [0.15, 0.2) is 0 Å². The monoisotopic (exact) mass is 264 g/mol. The van der Waals surface area contributed by atoms with Crippen LogP contribution in [0.2, 0.25) is 0 Å². The van der Waals surface area contributed by atoms with Crippen molar-refractivity contribution in [1.29, 1.82) is 0 Å². The maximum atomic E-state index is 11.9. The highest BCUT2D eigenvalue weighted by Crippen LogP contribution is 2.47. The van der Waals surface area contributed by atoms with Gasteiger partial charge in [0, 0.05) is 19.0 Å². The van der Waals surface area contributed by atoms with Gasteiger partial charge in [-0.1, -0.05) is 0 Å². The van der Waals surface area contributed by atoms with Crippen molar-refractivity contribution in [2.75, 3.05) is 6.54 Å². The summed E-state index contributed by atoms with van der Waals surface area (Å²) < 4.78 is 35.8. The Kier molecular flexibility index (Phi) is 3.84. The van der Waals surface area contributed by atoms with Crippen molar-refractivity contribution >= 4 is 5.91 Å². The van der Waals surface area contributed by atoms with Gasteiger partial charge >= 0.3 is 6.18 Å². The molecule has 0 aromatic carbocycles. The summed E-state index contributed by atoms with van der Waals surface area (Å²) in [6, 6.07) is -0.105. The molecule has 0 aromatic heterocycles. The fraction of sp³-hybridized carbons (Fsp3) is 0.917. The zero-order chi connectivity index (χ0) is 13.3. The number of rotatable bonds is 4. The second kappa shape index (κ2) is 5.07. The van der Waals surface area contributed by atoms with Gasteiger partial charge in [0.1, 0.15) is 0 Å². The van der Waals surface area contributed by atoms with Crippen LogP contribution in [0.4, 0.5) is 13.2 Å². The number of hydrogen-bond acceptors (Lipinski definition) is 2. The average Bonchev–Trinajstić information content (AvgIpc) is 2.83. The Hall–Kier alpha value is -0.780. The molecular formula is C12H19F3N2O. The van der Waals surface area contributed by atoms with E-state index < -0.39 is 12.6 Å². The van der Waals surface area contributed by atoms with E-state index in [4.69, 9.17) is 5.73 Å². The molecule has 2 rings (SSSR count). The van der Waals surface area contributed by atoms with Crippen LogP contribution in [0.25, 0.3) is 0 Å². The first kappa shape index (κ1) is 13.6. The number of carbonyl (C=O) groups excluding carboxylic acids is 1. The normalized spacial score (nSPS) is 34.9.